The van der Waals surface area contributed by atoms with Gasteiger partial charge in [-0.15, -0.1) is 0 Å². The van der Waals surface area contributed by atoms with Gasteiger partial charge in [0.05, 0.1) is 10.6 Å². The molecule has 1 aromatic heterocycles. The molecule has 5 nitrogen and oxygen atoms in total. The maximum atomic E-state index is 14.1. The molecular formula is C21H20ClFN4O. The summed E-state index contributed by atoms with van der Waals surface area (Å²) in [4.78, 5) is 21.0. The van der Waals surface area contributed by atoms with E-state index in [1.54, 1.807) is 11.1 Å². The van der Waals surface area contributed by atoms with E-state index in [1.165, 1.54) is 23.8 Å². The smallest absolute Gasteiger partial charge is 0.258 e. The Morgan fingerprint density at radius 2 is 1.79 bits per heavy atom. The molecule has 0 bridgehead atoms. The summed E-state index contributed by atoms with van der Waals surface area (Å²) in [5, 5.41) is 0.141. The number of nitrogens with zero attached hydrogens (tertiary/aromatic N) is 4. The second kappa shape index (κ2) is 7.64. The first-order valence-corrected chi connectivity index (χ1v) is 9.51. The number of carbonyl (C=O) groups excluding carboxylic acids is 1. The molecule has 1 saturated heterocycles. The zero-order chi connectivity index (χ0) is 19.7. The van der Waals surface area contributed by atoms with Crippen LogP contribution in [0.25, 0.3) is 5.69 Å². The van der Waals surface area contributed by atoms with Crippen LogP contribution in [0.3, 0.4) is 0 Å². The third-order valence-corrected chi connectivity index (χ3v) is 5.27. The maximum Gasteiger partial charge on any atom is 0.258 e. The lowest BCUT2D eigenvalue weighted by Crippen LogP contribution is -2.49. The molecule has 144 valence electrons. The van der Waals surface area contributed by atoms with Gasteiger partial charge in [-0.25, -0.2) is 9.37 Å². The molecule has 1 aliphatic heterocycles. The number of benzene rings is 2. The van der Waals surface area contributed by atoms with E-state index in [1.807, 2.05) is 10.8 Å². The molecule has 4 rings (SSSR count). The van der Waals surface area contributed by atoms with Crippen LogP contribution in [0, 0.1) is 12.7 Å². The number of hydrogen-bond acceptors (Lipinski definition) is 3. The van der Waals surface area contributed by atoms with Crippen molar-refractivity contribution in [3.05, 3.63) is 76.8 Å². The van der Waals surface area contributed by atoms with Gasteiger partial charge in [0, 0.05) is 44.3 Å². The molecule has 28 heavy (non-hydrogen) atoms. The van der Waals surface area contributed by atoms with Crippen molar-refractivity contribution in [1.29, 1.82) is 0 Å². The van der Waals surface area contributed by atoms with Crippen molar-refractivity contribution in [3.8, 4) is 5.69 Å². The highest BCUT2D eigenvalue weighted by Gasteiger charge is 2.27. The van der Waals surface area contributed by atoms with Gasteiger partial charge in [-0.3, -0.25) is 9.36 Å². The largest absolute Gasteiger partial charge is 0.338 e. The number of aryl methyl sites for hydroxylation is 1. The van der Waals surface area contributed by atoms with Crippen molar-refractivity contribution in [2.75, 3.05) is 31.1 Å². The third-order valence-electron chi connectivity index (χ3n) is 4.96. The Labute approximate surface area is 168 Å². The SMILES string of the molecule is Cc1ccc(-n2ccnc2N2CCN(C(=O)c3c(F)cccc3Cl)CC2)cc1. The lowest BCUT2D eigenvalue weighted by molar-refractivity contribution is 0.0741. The quantitative estimate of drug-likeness (QED) is 0.671. The van der Waals surface area contributed by atoms with Gasteiger partial charge >= 0.3 is 0 Å². The number of halogens is 2. The van der Waals surface area contributed by atoms with Gasteiger partial charge in [-0.05, 0) is 31.2 Å². The van der Waals surface area contributed by atoms with Gasteiger partial charge < -0.3 is 9.80 Å². The van der Waals surface area contributed by atoms with E-state index < -0.39 is 5.82 Å². The predicted molar refractivity (Wildman–Crippen MR) is 108 cm³/mol. The van der Waals surface area contributed by atoms with Crippen LogP contribution in [-0.2, 0) is 0 Å². The average molecular weight is 399 g/mol. The molecule has 0 unspecified atom stereocenters. The van der Waals surface area contributed by atoms with Gasteiger partial charge in [-0.2, -0.15) is 0 Å². The Kier molecular flexibility index (Phi) is 5.05. The number of imidazole rings is 1. The third kappa shape index (κ3) is 3.47. The van der Waals surface area contributed by atoms with Crippen LogP contribution in [0.15, 0.2) is 54.9 Å². The minimum absolute atomic E-state index is 0.0567. The van der Waals surface area contributed by atoms with Gasteiger partial charge in [0.1, 0.15) is 5.82 Å². The molecule has 3 aromatic rings. The minimum atomic E-state index is -0.588. The molecule has 0 atom stereocenters. The number of rotatable bonds is 3. The number of hydrogen-bond donors (Lipinski definition) is 0. The van der Waals surface area contributed by atoms with Gasteiger partial charge in [0.25, 0.3) is 5.91 Å². The van der Waals surface area contributed by atoms with E-state index in [9.17, 15) is 9.18 Å². The Bertz CT molecular complexity index is 974. The number of piperazine rings is 1. The van der Waals surface area contributed by atoms with Crippen molar-refractivity contribution in [2.45, 2.75) is 6.92 Å². The second-order valence-electron chi connectivity index (χ2n) is 6.81. The zero-order valence-corrected chi connectivity index (χ0v) is 16.2. The van der Waals surface area contributed by atoms with Crippen LogP contribution in [0.4, 0.5) is 10.3 Å². The van der Waals surface area contributed by atoms with Crippen molar-refractivity contribution >= 4 is 23.5 Å². The number of anilines is 1. The summed E-state index contributed by atoms with van der Waals surface area (Å²) >= 11 is 6.04. The first-order chi connectivity index (χ1) is 13.5. The topological polar surface area (TPSA) is 41.4 Å². The summed E-state index contributed by atoms with van der Waals surface area (Å²) in [5.41, 5.74) is 2.18. The van der Waals surface area contributed by atoms with Crippen LogP contribution >= 0.6 is 11.6 Å². The fraction of sp³-hybridized carbons (Fsp3) is 0.238. The summed E-state index contributed by atoms with van der Waals surface area (Å²) < 4.78 is 16.1. The Balaban J connectivity index is 1.49. The molecule has 0 spiro atoms. The molecule has 2 heterocycles. The molecule has 1 fully saturated rings. The highest BCUT2D eigenvalue weighted by atomic mass is 35.5. The standard InChI is InChI=1S/C21H20ClFN4O/c1-15-5-7-16(8-6-15)27-10-9-24-21(27)26-13-11-25(12-14-26)20(28)19-17(22)3-2-4-18(19)23/h2-10H,11-14H2,1H3. The summed E-state index contributed by atoms with van der Waals surface area (Å²) in [6.07, 6.45) is 3.70. The summed E-state index contributed by atoms with van der Waals surface area (Å²) in [6.45, 7) is 4.23. The minimum Gasteiger partial charge on any atom is -0.338 e. The Morgan fingerprint density at radius 1 is 1.07 bits per heavy atom. The maximum absolute atomic E-state index is 14.1. The lowest BCUT2D eigenvalue weighted by Gasteiger charge is -2.35. The van der Waals surface area contributed by atoms with Gasteiger partial charge in [-0.1, -0.05) is 35.4 Å². The second-order valence-corrected chi connectivity index (χ2v) is 7.22. The molecule has 1 aliphatic rings. The van der Waals surface area contributed by atoms with E-state index in [-0.39, 0.29) is 16.5 Å². The van der Waals surface area contributed by atoms with Gasteiger partial charge in [0.15, 0.2) is 0 Å². The summed E-state index contributed by atoms with van der Waals surface area (Å²) in [7, 11) is 0. The Morgan fingerprint density at radius 3 is 2.46 bits per heavy atom. The molecule has 0 aliphatic carbocycles. The summed E-state index contributed by atoms with van der Waals surface area (Å²) in [6, 6.07) is 12.5. The number of aromatic nitrogens is 2. The van der Waals surface area contributed by atoms with E-state index in [2.05, 4.69) is 41.1 Å². The van der Waals surface area contributed by atoms with E-state index in [0.29, 0.717) is 26.2 Å². The normalized spacial score (nSPS) is 14.4. The molecule has 7 heteroatoms. The zero-order valence-electron chi connectivity index (χ0n) is 15.5. The van der Waals surface area contributed by atoms with E-state index in [4.69, 9.17) is 11.6 Å². The van der Waals surface area contributed by atoms with Crippen molar-refractivity contribution in [3.63, 3.8) is 0 Å². The number of amides is 1. The van der Waals surface area contributed by atoms with Crippen LogP contribution in [-0.4, -0.2) is 46.5 Å². The first-order valence-electron chi connectivity index (χ1n) is 9.13. The van der Waals surface area contributed by atoms with Crippen molar-refractivity contribution in [2.24, 2.45) is 0 Å². The lowest BCUT2D eigenvalue weighted by atomic mass is 10.1. The average Bonchev–Trinajstić information content (AvgIpc) is 3.18. The van der Waals surface area contributed by atoms with E-state index in [0.717, 1.165) is 11.6 Å². The Hall–Kier alpha value is -2.86. The highest BCUT2D eigenvalue weighted by Crippen LogP contribution is 2.23. The van der Waals surface area contributed by atoms with Crippen molar-refractivity contribution < 1.29 is 9.18 Å². The molecule has 0 radical (unpaired) electrons. The summed E-state index contributed by atoms with van der Waals surface area (Å²) in [5.74, 6) is -0.126. The fourth-order valence-corrected chi connectivity index (χ4v) is 3.65. The van der Waals surface area contributed by atoms with Crippen molar-refractivity contribution in [1.82, 2.24) is 14.5 Å². The molecule has 1 amide bonds. The molecule has 0 saturated carbocycles. The van der Waals surface area contributed by atoms with Gasteiger partial charge in [0.2, 0.25) is 5.95 Å². The molecular weight excluding hydrogens is 379 g/mol. The first kappa shape index (κ1) is 18.5. The monoisotopic (exact) mass is 398 g/mol. The van der Waals surface area contributed by atoms with Crippen LogP contribution in [0.1, 0.15) is 15.9 Å². The predicted octanol–water partition coefficient (Wildman–Crippen LogP) is 3.94. The fourth-order valence-electron chi connectivity index (χ4n) is 3.41. The molecule has 2 aromatic carbocycles. The molecule has 0 N–H and O–H groups in total. The van der Waals surface area contributed by atoms with Crippen LogP contribution in [0.5, 0.6) is 0 Å². The van der Waals surface area contributed by atoms with Crippen LogP contribution in [0.2, 0.25) is 5.02 Å². The van der Waals surface area contributed by atoms with E-state index >= 15 is 0 Å². The van der Waals surface area contributed by atoms with Crippen LogP contribution < -0.4 is 4.90 Å². The highest BCUT2D eigenvalue weighted by molar-refractivity contribution is 6.33. The number of carbonyl (C=O) groups is 1.